The number of phenolic OH excluding ortho intramolecular Hbond substituents is 1. The number of aromatic hydroxyl groups is 1. The number of piperazine rings is 1. The quantitative estimate of drug-likeness (QED) is 0.887. The molecule has 1 aromatic heterocycles. The molecule has 134 valence electrons. The van der Waals surface area contributed by atoms with E-state index in [0.717, 1.165) is 43.3 Å². The van der Waals surface area contributed by atoms with E-state index >= 15 is 0 Å². The van der Waals surface area contributed by atoms with Gasteiger partial charge in [0.2, 0.25) is 5.75 Å². The highest BCUT2D eigenvalue weighted by Gasteiger charge is 2.22. The SMILES string of the molecule is COc1ccc(CN2CCN(c3nccnc3C)CC2)c(O)c1OC. The number of methoxy groups -OCH3 is 2. The maximum absolute atomic E-state index is 10.4. The number of benzene rings is 1. The van der Waals surface area contributed by atoms with Gasteiger partial charge >= 0.3 is 0 Å². The van der Waals surface area contributed by atoms with Gasteiger partial charge in [0, 0.05) is 50.7 Å². The van der Waals surface area contributed by atoms with Crippen LogP contribution in [0.2, 0.25) is 0 Å². The van der Waals surface area contributed by atoms with Gasteiger partial charge in [0.15, 0.2) is 11.5 Å². The van der Waals surface area contributed by atoms with E-state index in [4.69, 9.17) is 9.47 Å². The van der Waals surface area contributed by atoms with E-state index in [0.29, 0.717) is 18.0 Å². The van der Waals surface area contributed by atoms with E-state index < -0.39 is 0 Å². The number of rotatable bonds is 5. The molecule has 0 radical (unpaired) electrons. The maximum Gasteiger partial charge on any atom is 0.203 e. The number of anilines is 1. The molecule has 0 spiro atoms. The van der Waals surface area contributed by atoms with Crippen molar-refractivity contribution in [1.29, 1.82) is 0 Å². The average molecular weight is 344 g/mol. The molecule has 3 rings (SSSR count). The van der Waals surface area contributed by atoms with Crippen molar-refractivity contribution in [2.45, 2.75) is 13.5 Å². The lowest BCUT2D eigenvalue weighted by Crippen LogP contribution is -2.46. The fraction of sp³-hybridized carbons (Fsp3) is 0.444. The Morgan fingerprint density at radius 2 is 1.76 bits per heavy atom. The summed E-state index contributed by atoms with van der Waals surface area (Å²) in [6, 6.07) is 3.71. The highest BCUT2D eigenvalue weighted by Crippen LogP contribution is 2.39. The summed E-state index contributed by atoms with van der Waals surface area (Å²) in [6.07, 6.45) is 3.45. The lowest BCUT2D eigenvalue weighted by molar-refractivity contribution is 0.244. The third kappa shape index (κ3) is 3.61. The van der Waals surface area contributed by atoms with Crippen molar-refractivity contribution < 1.29 is 14.6 Å². The Bertz CT molecular complexity index is 730. The van der Waals surface area contributed by atoms with Crippen molar-refractivity contribution in [2.75, 3.05) is 45.3 Å². The molecule has 1 aromatic carbocycles. The Kier molecular flexibility index (Phi) is 5.23. The van der Waals surface area contributed by atoms with Gasteiger partial charge in [0.25, 0.3) is 0 Å². The van der Waals surface area contributed by atoms with E-state index in [-0.39, 0.29) is 5.75 Å². The monoisotopic (exact) mass is 344 g/mol. The standard InChI is InChI=1S/C18H24N4O3/c1-13-18(20-7-6-19-13)22-10-8-21(9-11-22)12-14-4-5-15(24-2)17(25-3)16(14)23/h4-7,23H,8-12H2,1-3H3. The predicted octanol–water partition coefficient (Wildman–Crippen LogP) is 1.83. The third-order valence-electron chi connectivity index (χ3n) is 4.52. The Labute approximate surface area is 147 Å². The molecule has 1 fully saturated rings. The zero-order valence-corrected chi connectivity index (χ0v) is 14.9. The molecule has 0 unspecified atom stereocenters. The van der Waals surface area contributed by atoms with Crippen molar-refractivity contribution in [3.8, 4) is 17.2 Å². The number of ether oxygens (including phenoxy) is 2. The largest absolute Gasteiger partial charge is 0.504 e. The molecule has 2 heterocycles. The van der Waals surface area contributed by atoms with Gasteiger partial charge < -0.3 is 19.5 Å². The van der Waals surface area contributed by atoms with Crippen molar-refractivity contribution in [2.24, 2.45) is 0 Å². The van der Waals surface area contributed by atoms with E-state index in [1.54, 1.807) is 19.5 Å². The molecule has 0 aliphatic carbocycles. The number of hydrogen-bond donors (Lipinski definition) is 1. The summed E-state index contributed by atoms with van der Waals surface area (Å²) in [6.45, 7) is 6.20. The Morgan fingerprint density at radius 3 is 2.40 bits per heavy atom. The number of hydrogen-bond acceptors (Lipinski definition) is 7. The molecular weight excluding hydrogens is 320 g/mol. The molecule has 2 aromatic rings. The minimum absolute atomic E-state index is 0.147. The normalized spacial score (nSPS) is 15.2. The van der Waals surface area contributed by atoms with Crippen molar-refractivity contribution >= 4 is 5.82 Å². The summed E-state index contributed by atoms with van der Waals surface area (Å²) in [5.74, 6) is 2.02. The summed E-state index contributed by atoms with van der Waals surface area (Å²) in [5, 5.41) is 10.4. The first-order chi connectivity index (χ1) is 12.1. The van der Waals surface area contributed by atoms with Crippen LogP contribution in [0.4, 0.5) is 5.82 Å². The summed E-state index contributed by atoms with van der Waals surface area (Å²) in [5.41, 5.74) is 1.79. The molecule has 1 aliphatic rings. The van der Waals surface area contributed by atoms with Gasteiger partial charge in [-0.25, -0.2) is 4.98 Å². The number of nitrogens with zero attached hydrogens (tertiary/aromatic N) is 4. The first-order valence-corrected chi connectivity index (χ1v) is 8.31. The number of aryl methyl sites for hydroxylation is 1. The van der Waals surface area contributed by atoms with E-state index in [1.165, 1.54) is 7.11 Å². The maximum atomic E-state index is 10.4. The van der Waals surface area contributed by atoms with Crippen LogP contribution in [0.3, 0.4) is 0 Å². The molecular formula is C18H24N4O3. The van der Waals surface area contributed by atoms with Crippen LogP contribution < -0.4 is 14.4 Å². The summed E-state index contributed by atoms with van der Waals surface area (Å²) >= 11 is 0. The lowest BCUT2D eigenvalue weighted by atomic mass is 10.1. The van der Waals surface area contributed by atoms with E-state index in [9.17, 15) is 5.11 Å². The van der Waals surface area contributed by atoms with Crippen LogP contribution in [0.5, 0.6) is 17.2 Å². The Balaban J connectivity index is 1.66. The van der Waals surface area contributed by atoms with Crippen molar-refractivity contribution in [3.05, 3.63) is 35.8 Å². The van der Waals surface area contributed by atoms with Crippen LogP contribution in [-0.2, 0) is 6.54 Å². The molecule has 7 heteroatoms. The Hall–Kier alpha value is -2.54. The second-order valence-electron chi connectivity index (χ2n) is 6.04. The topological polar surface area (TPSA) is 71.0 Å². The van der Waals surface area contributed by atoms with Gasteiger partial charge in [0.05, 0.1) is 19.9 Å². The lowest BCUT2D eigenvalue weighted by Gasteiger charge is -2.35. The van der Waals surface area contributed by atoms with Gasteiger partial charge in [-0.15, -0.1) is 0 Å². The molecule has 0 amide bonds. The van der Waals surface area contributed by atoms with Crippen LogP contribution in [0, 0.1) is 6.92 Å². The molecule has 7 nitrogen and oxygen atoms in total. The zero-order chi connectivity index (χ0) is 17.8. The predicted molar refractivity (Wildman–Crippen MR) is 95.5 cm³/mol. The summed E-state index contributed by atoms with van der Waals surface area (Å²) < 4.78 is 10.5. The van der Waals surface area contributed by atoms with Gasteiger partial charge in [-0.1, -0.05) is 6.07 Å². The number of phenols is 1. The van der Waals surface area contributed by atoms with Gasteiger partial charge in [-0.3, -0.25) is 9.88 Å². The second kappa shape index (κ2) is 7.57. The number of aromatic nitrogens is 2. The van der Waals surface area contributed by atoms with E-state index in [2.05, 4.69) is 19.8 Å². The fourth-order valence-corrected chi connectivity index (χ4v) is 3.15. The van der Waals surface area contributed by atoms with E-state index in [1.807, 2.05) is 19.1 Å². The van der Waals surface area contributed by atoms with Crippen LogP contribution >= 0.6 is 0 Å². The highest BCUT2D eigenvalue weighted by atomic mass is 16.5. The molecule has 0 atom stereocenters. The Morgan fingerprint density at radius 1 is 1.04 bits per heavy atom. The average Bonchev–Trinajstić information content (AvgIpc) is 2.64. The first kappa shape index (κ1) is 17.3. The highest BCUT2D eigenvalue weighted by molar-refractivity contribution is 5.54. The fourth-order valence-electron chi connectivity index (χ4n) is 3.15. The molecule has 1 aliphatic heterocycles. The van der Waals surface area contributed by atoms with Crippen LogP contribution in [0.1, 0.15) is 11.3 Å². The minimum Gasteiger partial charge on any atom is -0.504 e. The van der Waals surface area contributed by atoms with Crippen LogP contribution in [0.15, 0.2) is 24.5 Å². The van der Waals surface area contributed by atoms with Crippen LogP contribution in [-0.4, -0.2) is 60.4 Å². The van der Waals surface area contributed by atoms with Gasteiger partial charge in [-0.2, -0.15) is 0 Å². The minimum atomic E-state index is 0.147. The summed E-state index contributed by atoms with van der Waals surface area (Å²) in [7, 11) is 3.09. The smallest absolute Gasteiger partial charge is 0.203 e. The van der Waals surface area contributed by atoms with Gasteiger partial charge in [0.1, 0.15) is 5.82 Å². The molecule has 25 heavy (non-hydrogen) atoms. The van der Waals surface area contributed by atoms with Gasteiger partial charge in [-0.05, 0) is 13.0 Å². The zero-order valence-electron chi connectivity index (χ0n) is 14.9. The van der Waals surface area contributed by atoms with Crippen molar-refractivity contribution in [1.82, 2.24) is 14.9 Å². The molecule has 1 saturated heterocycles. The molecule has 1 N–H and O–H groups in total. The summed E-state index contributed by atoms with van der Waals surface area (Å²) in [4.78, 5) is 13.3. The molecule has 0 bridgehead atoms. The van der Waals surface area contributed by atoms with Crippen LogP contribution in [0.25, 0.3) is 0 Å². The molecule has 0 saturated carbocycles. The third-order valence-corrected chi connectivity index (χ3v) is 4.52. The second-order valence-corrected chi connectivity index (χ2v) is 6.04. The first-order valence-electron chi connectivity index (χ1n) is 8.31. The van der Waals surface area contributed by atoms with Crippen molar-refractivity contribution in [3.63, 3.8) is 0 Å².